The first-order chi connectivity index (χ1) is 14.0. The Balaban J connectivity index is 1.99. The van der Waals surface area contributed by atoms with Gasteiger partial charge in [-0.3, -0.25) is 4.79 Å². The highest BCUT2D eigenvalue weighted by Gasteiger charge is 2.27. The summed E-state index contributed by atoms with van der Waals surface area (Å²) in [7, 11) is 0. The molecule has 29 heavy (non-hydrogen) atoms. The SMILES string of the molecule is CC(C)c1ccc(C(=O)c2c(-c3ccccc3)c(C(C)O)n3ccccc23)cc1. The van der Waals surface area contributed by atoms with Crippen LogP contribution in [0.25, 0.3) is 16.6 Å². The van der Waals surface area contributed by atoms with Crippen LogP contribution in [0.4, 0.5) is 0 Å². The fourth-order valence-corrected chi connectivity index (χ4v) is 3.93. The summed E-state index contributed by atoms with van der Waals surface area (Å²) in [6, 6.07) is 23.5. The van der Waals surface area contributed by atoms with Gasteiger partial charge in [0.05, 0.1) is 22.9 Å². The van der Waals surface area contributed by atoms with E-state index >= 15 is 0 Å². The molecular formula is C26H25NO2. The number of aromatic nitrogens is 1. The van der Waals surface area contributed by atoms with Crippen molar-refractivity contribution in [1.29, 1.82) is 0 Å². The minimum absolute atomic E-state index is 0.0326. The fourth-order valence-electron chi connectivity index (χ4n) is 3.93. The summed E-state index contributed by atoms with van der Waals surface area (Å²) in [5.74, 6) is 0.381. The highest BCUT2D eigenvalue weighted by Crippen LogP contribution is 2.37. The highest BCUT2D eigenvalue weighted by atomic mass is 16.3. The van der Waals surface area contributed by atoms with Crippen LogP contribution in [0.15, 0.2) is 79.0 Å². The Kier molecular flexibility index (Phi) is 5.08. The molecule has 0 aliphatic carbocycles. The Hall–Kier alpha value is -3.17. The summed E-state index contributed by atoms with van der Waals surface area (Å²) in [4.78, 5) is 13.7. The van der Waals surface area contributed by atoms with Crippen LogP contribution in [0.5, 0.6) is 0 Å². The first-order valence-corrected chi connectivity index (χ1v) is 10.00. The lowest BCUT2D eigenvalue weighted by Crippen LogP contribution is -2.04. The molecule has 0 aliphatic heterocycles. The Bertz CT molecular complexity index is 1150. The molecule has 1 atom stereocenters. The summed E-state index contributed by atoms with van der Waals surface area (Å²) >= 11 is 0. The van der Waals surface area contributed by atoms with Crippen molar-refractivity contribution < 1.29 is 9.90 Å². The molecule has 1 unspecified atom stereocenters. The van der Waals surface area contributed by atoms with E-state index < -0.39 is 6.10 Å². The van der Waals surface area contributed by atoms with E-state index in [0.29, 0.717) is 17.0 Å². The van der Waals surface area contributed by atoms with Crippen LogP contribution >= 0.6 is 0 Å². The number of carbonyl (C=O) groups excluding carboxylic acids is 1. The molecule has 146 valence electrons. The Labute approximate surface area is 171 Å². The number of ketones is 1. The number of rotatable bonds is 5. The van der Waals surface area contributed by atoms with Crippen LogP contribution in [-0.2, 0) is 0 Å². The highest BCUT2D eigenvalue weighted by molar-refractivity contribution is 6.18. The molecule has 1 N–H and O–H groups in total. The normalized spacial score (nSPS) is 12.4. The molecule has 0 bridgehead atoms. The molecule has 2 aromatic carbocycles. The fraction of sp³-hybridized carbons (Fsp3) is 0.192. The quantitative estimate of drug-likeness (QED) is 0.429. The lowest BCUT2D eigenvalue weighted by Gasteiger charge is -2.11. The number of hydrogen-bond donors (Lipinski definition) is 1. The number of carbonyl (C=O) groups is 1. The van der Waals surface area contributed by atoms with Gasteiger partial charge in [-0.15, -0.1) is 0 Å². The van der Waals surface area contributed by atoms with Gasteiger partial charge in [-0.1, -0.05) is 74.5 Å². The molecule has 0 aliphatic rings. The molecule has 0 saturated heterocycles. The standard InChI is InChI=1S/C26H25NO2/c1-17(2)19-12-14-21(15-13-19)26(29)24-22-11-7-8-16-27(22)25(18(3)28)23(24)20-9-5-4-6-10-20/h4-18,28H,1-3H3. The second-order valence-corrected chi connectivity index (χ2v) is 7.74. The minimum Gasteiger partial charge on any atom is -0.387 e. The summed E-state index contributed by atoms with van der Waals surface area (Å²) in [5, 5.41) is 10.6. The molecule has 2 heterocycles. The summed E-state index contributed by atoms with van der Waals surface area (Å²) in [6.07, 6.45) is 1.19. The number of nitrogens with zero attached hydrogens (tertiary/aromatic N) is 1. The second-order valence-electron chi connectivity index (χ2n) is 7.74. The van der Waals surface area contributed by atoms with Gasteiger partial charge >= 0.3 is 0 Å². The van der Waals surface area contributed by atoms with E-state index in [1.807, 2.05) is 83.4 Å². The van der Waals surface area contributed by atoms with Crippen molar-refractivity contribution in [3.05, 3.63) is 101 Å². The van der Waals surface area contributed by atoms with Gasteiger partial charge in [0.15, 0.2) is 5.78 Å². The van der Waals surface area contributed by atoms with Crippen LogP contribution in [0, 0.1) is 0 Å². The Morgan fingerprint density at radius 2 is 1.52 bits per heavy atom. The lowest BCUT2D eigenvalue weighted by molar-refractivity contribution is 0.104. The topological polar surface area (TPSA) is 41.7 Å². The van der Waals surface area contributed by atoms with Gasteiger partial charge in [0.1, 0.15) is 0 Å². The third-order valence-corrected chi connectivity index (χ3v) is 5.41. The maximum absolute atomic E-state index is 13.7. The molecule has 0 radical (unpaired) electrons. The van der Waals surface area contributed by atoms with Gasteiger partial charge in [-0.25, -0.2) is 0 Å². The largest absolute Gasteiger partial charge is 0.387 e. The van der Waals surface area contributed by atoms with Gasteiger partial charge in [0, 0.05) is 17.3 Å². The smallest absolute Gasteiger partial charge is 0.195 e. The number of pyridine rings is 1. The third kappa shape index (κ3) is 3.39. The van der Waals surface area contributed by atoms with Gasteiger partial charge in [-0.05, 0) is 36.1 Å². The van der Waals surface area contributed by atoms with E-state index in [1.54, 1.807) is 6.92 Å². The molecule has 2 aromatic heterocycles. The molecule has 3 nitrogen and oxygen atoms in total. The Morgan fingerprint density at radius 3 is 2.14 bits per heavy atom. The molecule has 0 amide bonds. The predicted molar refractivity (Wildman–Crippen MR) is 117 cm³/mol. The van der Waals surface area contributed by atoms with E-state index in [0.717, 1.165) is 22.3 Å². The monoisotopic (exact) mass is 383 g/mol. The van der Waals surface area contributed by atoms with Crippen LogP contribution in [-0.4, -0.2) is 15.3 Å². The molecular weight excluding hydrogens is 358 g/mol. The molecule has 0 spiro atoms. The van der Waals surface area contributed by atoms with E-state index in [1.165, 1.54) is 5.56 Å². The Morgan fingerprint density at radius 1 is 0.862 bits per heavy atom. The van der Waals surface area contributed by atoms with Crippen LogP contribution in [0.3, 0.4) is 0 Å². The van der Waals surface area contributed by atoms with Crippen LogP contribution in [0.1, 0.15) is 60.0 Å². The third-order valence-electron chi connectivity index (χ3n) is 5.41. The minimum atomic E-state index is -0.718. The van der Waals surface area contributed by atoms with Crippen molar-refractivity contribution in [2.75, 3.05) is 0 Å². The van der Waals surface area contributed by atoms with Crippen molar-refractivity contribution in [3.8, 4) is 11.1 Å². The number of hydrogen-bond acceptors (Lipinski definition) is 2. The van der Waals surface area contributed by atoms with Gasteiger partial charge in [0.25, 0.3) is 0 Å². The van der Waals surface area contributed by atoms with Gasteiger partial charge in [0.2, 0.25) is 0 Å². The molecule has 0 fully saturated rings. The van der Waals surface area contributed by atoms with Crippen molar-refractivity contribution in [2.45, 2.75) is 32.8 Å². The number of benzene rings is 2. The first-order valence-electron chi connectivity index (χ1n) is 10.00. The average Bonchev–Trinajstić information content (AvgIpc) is 3.09. The summed E-state index contributed by atoms with van der Waals surface area (Å²) < 4.78 is 1.93. The predicted octanol–water partition coefficient (Wildman–Crippen LogP) is 6.01. The van der Waals surface area contributed by atoms with Gasteiger partial charge in [-0.2, -0.15) is 0 Å². The van der Waals surface area contributed by atoms with Crippen molar-refractivity contribution in [3.63, 3.8) is 0 Å². The molecule has 4 aromatic rings. The van der Waals surface area contributed by atoms with Crippen LogP contribution < -0.4 is 0 Å². The summed E-state index contributed by atoms with van der Waals surface area (Å²) in [6.45, 7) is 6.02. The van der Waals surface area contributed by atoms with Crippen molar-refractivity contribution in [2.24, 2.45) is 0 Å². The van der Waals surface area contributed by atoms with E-state index in [2.05, 4.69) is 13.8 Å². The van der Waals surface area contributed by atoms with Crippen LogP contribution in [0.2, 0.25) is 0 Å². The average molecular weight is 383 g/mol. The van der Waals surface area contributed by atoms with Crippen molar-refractivity contribution in [1.82, 2.24) is 4.40 Å². The van der Waals surface area contributed by atoms with E-state index in [4.69, 9.17) is 0 Å². The zero-order valence-corrected chi connectivity index (χ0v) is 17.0. The summed E-state index contributed by atoms with van der Waals surface area (Å²) in [5.41, 5.74) is 5.74. The number of aliphatic hydroxyl groups is 1. The lowest BCUT2D eigenvalue weighted by atomic mass is 9.92. The van der Waals surface area contributed by atoms with E-state index in [-0.39, 0.29) is 5.78 Å². The maximum Gasteiger partial charge on any atom is 0.195 e. The van der Waals surface area contributed by atoms with Gasteiger partial charge < -0.3 is 9.51 Å². The zero-order valence-electron chi connectivity index (χ0n) is 17.0. The van der Waals surface area contributed by atoms with Crippen molar-refractivity contribution >= 4 is 11.3 Å². The molecule has 3 heteroatoms. The maximum atomic E-state index is 13.7. The molecule has 0 saturated carbocycles. The van der Waals surface area contributed by atoms with E-state index in [9.17, 15) is 9.90 Å². The molecule has 4 rings (SSSR count). The number of fused-ring (bicyclic) bond motifs is 1. The number of aliphatic hydroxyl groups excluding tert-OH is 1. The first kappa shape index (κ1) is 19.2. The zero-order chi connectivity index (χ0) is 20.5. The second kappa shape index (κ2) is 7.69.